The molecule has 0 saturated carbocycles. The Labute approximate surface area is 129 Å². The summed E-state index contributed by atoms with van der Waals surface area (Å²) < 4.78 is 53.4. The van der Waals surface area contributed by atoms with Crippen molar-refractivity contribution < 1.29 is 27.1 Å². The zero-order chi connectivity index (χ0) is 16.8. The van der Waals surface area contributed by atoms with E-state index in [9.17, 15) is 22.4 Å². The largest absolute Gasteiger partial charge is 0.428 e. The molecule has 6 heteroatoms. The van der Waals surface area contributed by atoms with Crippen LogP contribution in [0.3, 0.4) is 0 Å². The number of benzene rings is 2. The van der Waals surface area contributed by atoms with Gasteiger partial charge < -0.3 is 4.74 Å². The van der Waals surface area contributed by atoms with E-state index in [0.29, 0.717) is 11.1 Å². The van der Waals surface area contributed by atoms with Crippen molar-refractivity contribution in [3.05, 3.63) is 83.6 Å². The highest BCUT2D eigenvalue weighted by Gasteiger charge is 2.07. The second-order valence-electron chi connectivity index (χ2n) is 4.41. The Kier molecular flexibility index (Phi) is 5.30. The number of rotatable bonds is 5. The van der Waals surface area contributed by atoms with Crippen LogP contribution in [0, 0.1) is 5.82 Å². The first kappa shape index (κ1) is 16.5. The maximum atomic E-state index is 12.8. The fraction of sp³-hybridized carbons (Fsp3) is 0. The Hall–Kier alpha value is -2.89. The smallest absolute Gasteiger partial charge is 0.344 e. The summed E-state index contributed by atoms with van der Waals surface area (Å²) in [5, 5.41) is 0. The highest BCUT2D eigenvalue weighted by atomic mass is 19.3. The lowest BCUT2D eigenvalue weighted by molar-refractivity contribution is 0.104. The Morgan fingerprint density at radius 2 is 1.52 bits per heavy atom. The Balaban J connectivity index is 2.04. The van der Waals surface area contributed by atoms with Crippen molar-refractivity contribution in [2.45, 2.75) is 0 Å². The van der Waals surface area contributed by atoms with Gasteiger partial charge in [-0.1, -0.05) is 18.2 Å². The van der Waals surface area contributed by atoms with Crippen LogP contribution in [0.15, 0.2) is 66.7 Å². The van der Waals surface area contributed by atoms with Gasteiger partial charge in [0, 0.05) is 5.56 Å². The van der Waals surface area contributed by atoms with E-state index in [1.54, 1.807) is 0 Å². The van der Waals surface area contributed by atoms with Gasteiger partial charge in [0.1, 0.15) is 11.6 Å². The van der Waals surface area contributed by atoms with Crippen LogP contribution in [-0.2, 0) is 0 Å². The second-order valence-corrected chi connectivity index (χ2v) is 4.41. The Morgan fingerprint density at radius 3 is 2.09 bits per heavy atom. The molecule has 0 fully saturated rings. The van der Waals surface area contributed by atoms with E-state index in [1.807, 2.05) is 0 Å². The highest BCUT2D eigenvalue weighted by Crippen LogP contribution is 2.19. The number of ether oxygens (including phenoxy) is 1. The van der Waals surface area contributed by atoms with E-state index in [0.717, 1.165) is 0 Å². The van der Waals surface area contributed by atoms with Crippen LogP contribution in [0.4, 0.5) is 17.6 Å². The predicted molar refractivity (Wildman–Crippen MR) is 77.2 cm³/mol. The van der Waals surface area contributed by atoms with Crippen LogP contribution >= 0.6 is 0 Å². The van der Waals surface area contributed by atoms with E-state index >= 15 is 0 Å². The van der Waals surface area contributed by atoms with Gasteiger partial charge in [-0.2, -0.15) is 13.2 Å². The molecule has 2 nitrogen and oxygen atoms in total. The zero-order valence-corrected chi connectivity index (χ0v) is 11.6. The third-order valence-electron chi connectivity index (χ3n) is 2.79. The number of allylic oxidation sites excluding steroid dienone is 1. The predicted octanol–water partition coefficient (Wildman–Crippen LogP) is 5.14. The fourth-order valence-electron chi connectivity index (χ4n) is 1.67. The van der Waals surface area contributed by atoms with E-state index in [1.165, 1.54) is 60.7 Å². The molecule has 0 bridgehead atoms. The molecule has 2 aromatic carbocycles. The number of hydrogen-bond donors (Lipinski definition) is 0. The number of halogens is 4. The molecule has 0 unspecified atom stereocenters. The maximum Gasteiger partial charge on any atom is 0.344 e. The molecule has 2 aromatic rings. The normalized spacial score (nSPS) is 10.6. The summed E-state index contributed by atoms with van der Waals surface area (Å²) >= 11 is 0. The van der Waals surface area contributed by atoms with Crippen LogP contribution < -0.4 is 4.74 Å². The SMILES string of the molecule is O=C(C=Cc1ccc(OC(F)=C(F)F)cc1)c1ccc(F)cc1. The van der Waals surface area contributed by atoms with Gasteiger partial charge in [-0.3, -0.25) is 4.79 Å². The van der Waals surface area contributed by atoms with Crippen LogP contribution in [0.1, 0.15) is 15.9 Å². The van der Waals surface area contributed by atoms with Crippen LogP contribution in [0.2, 0.25) is 0 Å². The average molecular weight is 322 g/mol. The highest BCUT2D eigenvalue weighted by molar-refractivity contribution is 6.06. The summed E-state index contributed by atoms with van der Waals surface area (Å²) in [5.41, 5.74) is 0.908. The van der Waals surface area contributed by atoms with Gasteiger partial charge in [0.2, 0.25) is 0 Å². The summed E-state index contributed by atoms with van der Waals surface area (Å²) in [5.74, 6) is -0.858. The van der Waals surface area contributed by atoms with Crippen molar-refractivity contribution >= 4 is 11.9 Å². The number of hydrogen-bond acceptors (Lipinski definition) is 2. The maximum absolute atomic E-state index is 12.8. The zero-order valence-electron chi connectivity index (χ0n) is 11.6. The molecule has 118 valence electrons. The van der Waals surface area contributed by atoms with E-state index in [-0.39, 0.29) is 11.5 Å². The lowest BCUT2D eigenvalue weighted by Gasteiger charge is -2.02. The van der Waals surface area contributed by atoms with Crippen molar-refractivity contribution in [3.8, 4) is 5.75 Å². The molecule has 0 radical (unpaired) electrons. The summed E-state index contributed by atoms with van der Waals surface area (Å²) in [7, 11) is 0. The molecule has 0 saturated heterocycles. The molecule has 0 aliphatic heterocycles. The molecule has 0 aromatic heterocycles. The second kappa shape index (κ2) is 7.40. The van der Waals surface area contributed by atoms with Crippen LogP contribution in [0.25, 0.3) is 6.08 Å². The summed E-state index contributed by atoms with van der Waals surface area (Å²) in [6.07, 6.45) is 0.223. The van der Waals surface area contributed by atoms with E-state index < -0.39 is 17.9 Å². The molecule has 0 atom stereocenters. The number of ketones is 1. The molecule has 0 amide bonds. The number of carbonyl (C=O) groups is 1. The van der Waals surface area contributed by atoms with E-state index in [2.05, 4.69) is 4.74 Å². The van der Waals surface area contributed by atoms with Gasteiger partial charge >= 0.3 is 12.1 Å². The quantitative estimate of drug-likeness (QED) is 0.330. The van der Waals surface area contributed by atoms with Gasteiger partial charge in [-0.05, 0) is 48.0 Å². The van der Waals surface area contributed by atoms with Gasteiger partial charge in [-0.25, -0.2) is 4.39 Å². The molecule has 23 heavy (non-hydrogen) atoms. The molecule has 0 aliphatic carbocycles. The molecule has 0 heterocycles. The Bertz CT molecular complexity index is 743. The number of carbonyl (C=O) groups excluding carboxylic acids is 1. The monoisotopic (exact) mass is 322 g/mol. The minimum Gasteiger partial charge on any atom is -0.428 e. The minimum atomic E-state index is -2.54. The lowest BCUT2D eigenvalue weighted by Crippen LogP contribution is -1.94. The molecule has 0 spiro atoms. The first-order valence-corrected chi connectivity index (χ1v) is 6.42. The third kappa shape index (κ3) is 4.81. The molecule has 0 N–H and O–H groups in total. The van der Waals surface area contributed by atoms with Crippen molar-refractivity contribution in [2.75, 3.05) is 0 Å². The van der Waals surface area contributed by atoms with Gasteiger partial charge in [0.05, 0.1) is 0 Å². The van der Waals surface area contributed by atoms with Gasteiger partial charge in [0.25, 0.3) is 0 Å². The van der Waals surface area contributed by atoms with Gasteiger partial charge in [-0.15, -0.1) is 0 Å². The topological polar surface area (TPSA) is 26.3 Å². The molecule has 0 aliphatic rings. The average Bonchev–Trinajstić information content (AvgIpc) is 2.54. The Morgan fingerprint density at radius 1 is 0.913 bits per heavy atom. The molecule has 2 rings (SSSR count). The lowest BCUT2D eigenvalue weighted by atomic mass is 10.1. The summed E-state index contributed by atoms with van der Waals surface area (Å²) in [4.78, 5) is 11.8. The van der Waals surface area contributed by atoms with Crippen molar-refractivity contribution in [1.29, 1.82) is 0 Å². The minimum absolute atomic E-state index is 0.0997. The standard InChI is InChI=1S/C17H10F4O2/c18-13-6-4-12(5-7-13)15(22)10-3-11-1-8-14(9-2-11)23-17(21)16(19)20/h1-10H. The molecular formula is C17H10F4O2. The van der Waals surface area contributed by atoms with Crippen LogP contribution in [-0.4, -0.2) is 5.78 Å². The summed E-state index contributed by atoms with van der Waals surface area (Å²) in [6, 6.07) is 8.62. The fourth-order valence-corrected chi connectivity index (χ4v) is 1.67. The molecular weight excluding hydrogens is 312 g/mol. The van der Waals surface area contributed by atoms with Crippen molar-refractivity contribution in [1.82, 2.24) is 0 Å². The van der Waals surface area contributed by atoms with Crippen molar-refractivity contribution in [2.24, 2.45) is 0 Å². The van der Waals surface area contributed by atoms with E-state index in [4.69, 9.17) is 0 Å². The first-order chi connectivity index (χ1) is 11.0. The first-order valence-electron chi connectivity index (χ1n) is 6.42. The van der Waals surface area contributed by atoms with Crippen LogP contribution in [0.5, 0.6) is 5.75 Å². The summed E-state index contributed by atoms with van der Waals surface area (Å²) in [6.45, 7) is 0. The van der Waals surface area contributed by atoms with Crippen molar-refractivity contribution in [3.63, 3.8) is 0 Å². The third-order valence-corrected chi connectivity index (χ3v) is 2.79. The van der Waals surface area contributed by atoms with Gasteiger partial charge in [0.15, 0.2) is 5.78 Å².